The van der Waals surface area contributed by atoms with Gasteiger partial charge in [-0.25, -0.2) is 0 Å². The number of rotatable bonds is 1. The van der Waals surface area contributed by atoms with E-state index in [-0.39, 0.29) is 23.7 Å². The van der Waals surface area contributed by atoms with Gasteiger partial charge in [0.1, 0.15) is 5.60 Å². The summed E-state index contributed by atoms with van der Waals surface area (Å²) in [5.41, 5.74) is -2.19. The smallest absolute Gasteiger partial charge is 0.188 e. The normalized spacial score (nSPS) is 45.1. The topological polar surface area (TPSA) is 102 Å². The number of aliphatic hydroxyl groups is 3. The zero-order chi connectivity index (χ0) is 26.1. The Bertz CT molecular complexity index is 1000. The van der Waals surface area contributed by atoms with Crippen LogP contribution < -0.4 is 0 Å². The Morgan fingerprint density at radius 1 is 1.03 bits per heavy atom. The molecule has 0 aromatic rings. The number of carbonyl (C=O) groups excluding carboxylic acids is 1. The second kappa shape index (κ2) is 8.27. The summed E-state index contributed by atoms with van der Waals surface area (Å²) in [4.78, 5) is 14.0. The Labute approximate surface area is 211 Å². The summed E-state index contributed by atoms with van der Waals surface area (Å²) in [7, 11) is 0. The van der Waals surface area contributed by atoms with E-state index in [1.807, 2.05) is 13.8 Å². The van der Waals surface area contributed by atoms with Crippen LogP contribution in [0.15, 0.2) is 23.3 Å². The Balaban J connectivity index is 1.88. The van der Waals surface area contributed by atoms with E-state index in [9.17, 15) is 25.4 Å². The van der Waals surface area contributed by atoms with Crippen LogP contribution >= 0.6 is 0 Å². The first-order valence-electron chi connectivity index (χ1n) is 13.5. The number of carbonyl (C=O) groups is 1. The fourth-order valence-electron chi connectivity index (χ4n) is 8.40. The Hall–Kier alpha value is -1.48. The maximum Gasteiger partial charge on any atom is 0.188 e. The van der Waals surface area contributed by atoms with E-state index in [0.29, 0.717) is 18.4 Å². The Kier molecular flexibility index (Phi) is 6.28. The molecule has 2 saturated carbocycles. The number of allylic oxidation sites excluding steroid dienone is 2. The number of nitrogens with zero attached hydrogens (tertiary/aromatic N) is 1. The lowest BCUT2D eigenvalue weighted by atomic mass is 9.36. The number of ketones is 1. The monoisotopic (exact) mass is 483 g/mol. The van der Waals surface area contributed by atoms with Crippen LogP contribution in [-0.4, -0.2) is 39.4 Å². The molecule has 4 rings (SSSR count). The molecule has 0 amide bonds. The fraction of sp³-hybridized carbons (Fsp3) is 0.800. The lowest BCUT2D eigenvalue weighted by Crippen LogP contribution is -2.72. The van der Waals surface area contributed by atoms with E-state index in [4.69, 9.17) is 0 Å². The van der Waals surface area contributed by atoms with Crippen LogP contribution in [0.1, 0.15) is 99.3 Å². The van der Waals surface area contributed by atoms with Crippen LogP contribution in [-0.2, 0) is 4.79 Å². The molecule has 3 N–H and O–H groups in total. The maximum atomic E-state index is 14.0. The molecule has 194 valence electrons. The van der Waals surface area contributed by atoms with Crippen LogP contribution in [0.25, 0.3) is 0 Å². The molecule has 35 heavy (non-hydrogen) atoms. The van der Waals surface area contributed by atoms with E-state index in [1.165, 1.54) is 0 Å². The molecule has 0 aromatic heterocycles. The molecule has 0 heterocycles. The van der Waals surface area contributed by atoms with Crippen LogP contribution in [0.4, 0.5) is 0 Å². The van der Waals surface area contributed by atoms with Gasteiger partial charge in [0.2, 0.25) is 0 Å². The minimum absolute atomic E-state index is 0.00339. The highest BCUT2D eigenvalue weighted by Gasteiger charge is 2.72. The zero-order valence-electron chi connectivity index (χ0n) is 22.6. The third-order valence-corrected chi connectivity index (χ3v) is 11.4. The van der Waals surface area contributed by atoms with Crippen molar-refractivity contribution in [2.45, 2.75) is 111 Å². The van der Waals surface area contributed by atoms with Crippen LogP contribution in [0.3, 0.4) is 0 Å². The van der Waals surface area contributed by atoms with Gasteiger partial charge in [0.05, 0.1) is 17.7 Å². The second-order valence-electron chi connectivity index (χ2n) is 14.1. The van der Waals surface area contributed by atoms with Gasteiger partial charge in [0, 0.05) is 17.9 Å². The van der Waals surface area contributed by atoms with Crippen molar-refractivity contribution in [2.24, 2.45) is 33.0 Å². The van der Waals surface area contributed by atoms with Gasteiger partial charge in [0.15, 0.2) is 5.78 Å². The predicted molar refractivity (Wildman–Crippen MR) is 136 cm³/mol. The lowest BCUT2D eigenvalue weighted by molar-refractivity contribution is -0.245. The number of aliphatic hydroxyl groups excluding tert-OH is 2. The van der Waals surface area contributed by atoms with Crippen LogP contribution in [0.5, 0.6) is 0 Å². The molecule has 0 saturated heterocycles. The predicted octanol–water partition coefficient (Wildman–Crippen LogP) is 5.25. The average Bonchev–Trinajstić information content (AvgIpc) is 2.79. The molecule has 5 nitrogen and oxygen atoms in total. The molecule has 0 spiro atoms. The van der Waals surface area contributed by atoms with E-state index >= 15 is 0 Å². The van der Waals surface area contributed by atoms with E-state index in [2.05, 4.69) is 33.8 Å². The number of hydrogen-bond acceptors (Lipinski definition) is 5. The third-order valence-electron chi connectivity index (χ3n) is 11.4. The fourth-order valence-corrected chi connectivity index (χ4v) is 8.40. The van der Waals surface area contributed by atoms with Crippen molar-refractivity contribution in [1.29, 1.82) is 5.26 Å². The third kappa shape index (κ3) is 3.62. The van der Waals surface area contributed by atoms with Gasteiger partial charge < -0.3 is 15.3 Å². The quantitative estimate of drug-likeness (QED) is 0.473. The molecule has 6 unspecified atom stereocenters. The number of nitriles is 1. The van der Waals surface area contributed by atoms with Crippen molar-refractivity contribution >= 4 is 5.78 Å². The molecule has 0 bridgehead atoms. The van der Waals surface area contributed by atoms with Gasteiger partial charge in [-0.3, -0.25) is 4.79 Å². The molecule has 5 heteroatoms. The summed E-state index contributed by atoms with van der Waals surface area (Å²) in [6.45, 7) is 12.8. The first-order chi connectivity index (χ1) is 16.1. The molecular weight excluding hydrogens is 438 g/mol. The van der Waals surface area contributed by atoms with Gasteiger partial charge in [-0.2, -0.15) is 5.26 Å². The van der Waals surface area contributed by atoms with Crippen LogP contribution in [0, 0.1) is 44.3 Å². The summed E-state index contributed by atoms with van der Waals surface area (Å²) < 4.78 is 0. The minimum atomic E-state index is -1.54. The standard InChI is InChI=1S/C30H45NO4/c1-25(2)12-14-29(19-32)15-13-28(6)27(5)11-7-10-26(3,4)24(34)20(18-31)8-9-21(27)16-23(33)30(28,35)22(29)17-25/h8,16,22,24,32,34-35H,7,9-15,17,19H2,1-6H3. The summed E-state index contributed by atoms with van der Waals surface area (Å²) in [5.74, 6) is -0.527. The van der Waals surface area contributed by atoms with Crippen molar-refractivity contribution in [2.75, 3.05) is 6.61 Å². The Morgan fingerprint density at radius 3 is 2.31 bits per heavy atom. The Morgan fingerprint density at radius 2 is 1.69 bits per heavy atom. The van der Waals surface area contributed by atoms with E-state index < -0.39 is 33.4 Å². The highest BCUT2D eigenvalue weighted by atomic mass is 16.3. The minimum Gasteiger partial charge on any atom is -0.396 e. The van der Waals surface area contributed by atoms with Crippen molar-refractivity contribution < 1.29 is 20.1 Å². The molecule has 4 aliphatic carbocycles. The van der Waals surface area contributed by atoms with Crippen molar-refractivity contribution in [3.05, 3.63) is 23.3 Å². The largest absolute Gasteiger partial charge is 0.396 e. The van der Waals surface area contributed by atoms with Gasteiger partial charge in [-0.15, -0.1) is 0 Å². The van der Waals surface area contributed by atoms with Crippen LogP contribution in [0.2, 0.25) is 0 Å². The maximum absolute atomic E-state index is 14.0. The SMILES string of the molecule is CC1(C)CCC2(CO)CCC3(C)C4(C)CCCC(C)(C)C(O)C(C#N)=CCC4=CC(=O)C3(O)C2C1. The highest BCUT2D eigenvalue weighted by molar-refractivity contribution is 6.00. The van der Waals surface area contributed by atoms with Crippen molar-refractivity contribution in [3.8, 4) is 6.07 Å². The first kappa shape index (κ1) is 26.6. The molecule has 2 fully saturated rings. The number of hydrogen-bond donors (Lipinski definition) is 3. The average molecular weight is 484 g/mol. The zero-order valence-corrected chi connectivity index (χ0v) is 22.6. The van der Waals surface area contributed by atoms with Gasteiger partial charge in [-0.05, 0) is 79.1 Å². The van der Waals surface area contributed by atoms with E-state index in [1.54, 1.807) is 12.2 Å². The summed E-state index contributed by atoms with van der Waals surface area (Å²) >= 11 is 0. The molecular formula is C30H45NO4. The van der Waals surface area contributed by atoms with Crippen molar-refractivity contribution in [3.63, 3.8) is 0 Å². The van der Waals surface area contributed by atoms with E-state index in [0.717, 1.165) is 50.5 Å². The summed E-state index contributed by atoms with van der Waals surface area (Å²) in [6, 6.07) is 2.20. The number of fused-ring (bicyclic) bond motifs is 5. The molecule has 0 aliphatic heterocycles. The van der Waals surface area contributed by atoms with Crippen molar-refractivity contribution in [1.82, 2.24) is 0 Å². The molecule has 0 aromatic carbocycles. The van der Waals surface area contributed by atoms with Gasteiger partial charge in [-0.1, -0.05) is 59.6 Å². The summed E-state index contributed by atoms with van der Waals surface area (Å²) in [6.07, 6.45) is 9.47. The molecule has 4 aliphatic rings. The molecule has 0 radical (unpaired) electrons. The van der Waals surface area contributed by atoms with Gasteiger partial charge >= 0.3 is 0 Å². The molecule has 6 atom stereocenters. The highest BCUT2D eigenvalue weighted by Crippen LogP contribution is 2.71. The van der Waals surface area contributed by atoms with Gasteiger partial charge in [0.25, 0.3) is 0 Å². The summed E-state index contributed by atoms with van der Waals surface area (Å²) in [5, 5.41) is 43.9. The lowest BCUT2D eigenvalue weighted by Gasteiger charge is -2.68. The second-order valence-corrected chi connectivity index (χ2v) is 14.1. The first-order valence-corrected chi connectivity index (χ1v) is 13.5.